The van der Waals surface area contributed by atoms with Crippen molar-refractivity contribution in [2.75, 3.05) is 30.6 Å². The zero-order valence-electron chi connectivity index (χ0n) is 16.2. The maximum Gasteiger partial charge on any atom is 0.339 e. The van der Waals surface area contributed by atoms with E-state index < -0.39 is 5.97 Å². The number of carbonyl (C=O) groups is 1. The highest BCUT2D eigenvalue weighted by Gasteiger charge is 2.15. The van der Waals surface area contributed by atoms with Gasteiger partial charge < -0.3 is 25.8 Å². The lowest BCUT2D eigenvalue weighted by molar-refractivity contribution is 0.0602. The third-order valence-corrected chi connectivity index (χ3v) is 5.22. The van der Waals surface area contributed by atoms with Crippen LogP contribution in [0.4, 0.5) is 28.1 Å². The number of benzene rings is 2. The Bertz CT molecular complexity index is 1230. The number of hydrogen-bond donors (Lipinski definition) is 3. The van der Waals surface area contributed by atoms with E-state index in [4.69, 9.17) is 15.2 Å². The lowest BCUT2D eigenvalue weighted by atomic mass is 10.2. The molecule has 0 aliphatic carbocycles. The molecular formula is C20H18N6O3S. The number of thiazole rings is 1. The van der Waals surface area contributed by atoms with Crippen LogP contribution in [0, 0.1) is 0 Å². The molecule has 30 heavy (non-hydrogen) atoms. The molecule has 0 spiro atoms. The molecular weight excluding hydrogens is 404 g/mol. The van der Waals surface area contributed by atoms with Gasteiger partial charge in [-0.1, -0.05) is 23.5 Å². The van der Waals surface area contributed by atoms with E-state index in [1.165, 1.54) is 24.8 Å². The number of esters is 1. The molecule has 9 nitrogen and oxygen atoms in total. The summed E-state index contributed by atoms with van der Waals surface area (Å²) in [6, 6.07) is 12.6. The van der Waals surface area contributed by atoms with E-state index in [0.29, 0.717) is 28.0 Å². The second-order valence-corrected chi connectivity index (χ2v) is 7.16. The Kier molecular flexibility index (Phi) is 5.31. The molecule has 0 radical (unpaired) electrons. The van der Waals surface area contributed by atoms with Crippen LogP contribution in [-0.4, -0.2) is 35.1 Å². The van der Waals surface area contributed by atoms with Gasteiger partial charge >= 0.3 is 5.97 Å². The number of para-hydroxylation sites is 1. The summed E-state index contributed by atoms with van der Waals surface area (Å²) >= 11 is 1.45. The smallest absolute Gasteiger partial charge is 0.339 e. The number of ether oxygens (including phenoxy) is 2. The highest BCUT2D eigenvalue weighted by Crippen LogP contribution is 2.33. The van der Waals surface area contributed by atoms with Crippen molar-refractivity contribution in [3.05, 3.63) is 54.4 Å². The van der Waals surface area contributed by atoms with E-state index in [1.807, 2.05) is 18.2 Å². The maximum absolute atomic E-state index is 12.0. The van der Waals surface area contributed by atoms with Crippen LogP contribution in [0.1, 0.15) is 10.4 Å². The number of nitrogen functional groups attached to an aromatic ring is 1. The predicted molar refractivity (Wildman–Crippen MR) is 117 cm³/mol. The first kappa shape index (κ1) is 19.4. The van der Waals surface area contributed by atoms with Gasteiger partial charge in [0.25, 0.3) is 0 Å². The van der Waals surface area contributed by atoms with Gasteiger partial charge in [0.1, 0.15) is 17.8 Å². The first-order valence-corrected chi connectivity index (χ1v) is 9.67. The molecule has 0 amide bonds. The SMILES string of the molecule is COC(=O)c1ccccc1Nc1ncnc(Nc2nc3ccc(OC)cc3s2)c1N. The van der Waals surface area contributed by atoms with Gasteiger partial charge in [-0.2, -0.15) is 0 Å². The first-order chi connectivity index (χ1) is 14.6. The molecule has 0 saturated heterocycles. The van der Waals surface area contributed by atoms with Gasteiger partial charge in [-0.25, -0.2) is 19.7 Å². The summed E-state index contributed by atoms with van der Waals surface area (Å²) in [6.07, 6.45) is 1.37. The van der Waals surface area contributed by atoms with Crippen molar-refractivity contribution in [2.24, 2.45) is 0 Å². The third kappa shape index (κ3) is 3.80. The number of hydrogen-bond acceptors (Lipinski definition) is 10. The fourth-order valence-electron chi connectivity index (χ4n) is 2.79. The molecule has 2 aromatic heterocycles. The summed E-state index contributed by atoms with van der Waals surface area (Å²) in [5.74, 6) is 1.05. The Morgan fingerprint density at radius 2 is 1.83 bits per heavy atom. The summed E-state index contributed by atoms with van der Waals surface area (Å²) < 4.78 is 11.0. The fourth-order valence-corrected chi connectivity index (χ4v) is 3.68. The number of aromatic nitrogens is 3. The van der Waals surface area contributed by atoms with Gasteiger partial charge in [-0.05, 0) is 30.3 Å². The van der Waals surface area contributed by atoms with Crippen LogP contribution in [0.25, 0.3) is 10.2 Å². The van der Waals surface area contributed by atoms with Gasteiger partial charge in [-0.15, -0.1) is 0 Å². The Balaban J connectivity index is 1.62. The fraction of sp³-hybridized carbons (Fsp3) is 0.100. The summed E-state index contributed by atoms with van der Waals surface area (Å²) in [5, 5.41) is 6.84. The summed E-state index contributed by atoms with van der Waals surface area (Å²) in [4.78, 5) is 24.9. The quantitative estimate of drug-likeness (QED) is 0.396. The van der Waals surface area contributed by atoms with Crippen molar-refractivity contribution in [1.29, 1.82) is 0 Å². The number of anilines is 5. The van der Waals surface area contributed by atoms with E-state index in [-0.39, 0.29) is 5.69 Å². The number of nitrogens with two attached hydrogens (primary N) is 1. The van der Waals surface area contributed by atoms with E-state index in [9.17, 15) is 4.79 Å². The summed E-state index contributed by atoms with van der Waals surface area (Å²) in [5.41, 5.74) is 8.28. The highest BCUT2D eigenvalue weighted by atomic mass is 32.1. The molecule has 0 aliphatic heterocycles. The van der Waals surface area contributed by atoms with Gasteiger partial charge in [0, 0.05) is 0 Å². The molecule has 0 fully saturated rings. The highest BCUT2D eigenvalue weighted by molar-refractivity contribution is 7.22. The molecule has 4 rings (SSSR count). The third-order valence-electron chi connectivity index (χ3n) is 4.29. The minimum Gasteiger partial charge on any atom is -0.497 e. The van der Waals surface area contributed by atoms with Crippen LogP contribution in [0.15, 0.2) is 48.8 Å². The lowest BCUT2D eigenvalue weighted by Gasteiger charge is -2.13. The van der Waals surface area contributed by atoms with Gasteiger partial charge in [0.15, 0.2) is 16.8 Å². The molecule has 10 heteroatoms. The molecule has 2 heterocycles. The molecule has 4 aromatic rings. The monoisotopic (exact) mass is 422 g/mol. The number of nitrogens with one attached hydrogen (secondary N) is 2. The second kappa shape index (κ2) is 8.21. The molecule has 0 aliphatic rings. The molecule has 0 atom stereocenters. The average molecular weight is 422 g/mol. The van der Waals surface area contributed by atoms with Crippen molar-refractivity contribution >= 4 is 55.7 Å². The van der Waals surface area contributed by atoms with Crippen molar-refractivity contribution in [2.45, 2.75) is 0 Å². The second-order valence-electron chi connectivity index (χ2n) is 6.12. The topological polar surface area (TPSA) is 124 Å². The zero-order chi connectivity index (χ0) is 21.1. The molecule has 0 unspecified atom stereocenters. The Morgan fingerprint density at radius 1 is 1.07 bits per heavy atom. The van der Waals surface area contributed by atoms with Crippen LogP contribution in [0.2, 0.25) is 0 Å². The predicted octanol–water partition coefficient (Wildman–Crippen LogP) is 3.95. The normalized spacial score (nSPS) is 10.6. The minimum absolute atomic E-state index is 0.286. The first-order valence-electron chi connectivity index (χ1n) is 8.85. The van der Waals surface area contributed by atoms with Crippen LogP contribution < -0.4 is 21.1 Å². The standard InChI is InChI=1S/C20H18N6O3S/c1-28-11-7-8-14-15(9-11)30-20(25-14)26-18-16(21)17(22-10-23-18)24-13-6-4-3-5-12(13)19(27)29-2/h3-10H,21H2,1-2H3,(H2,22,23,24,25,26). The largest absolute Gasteiger partial charge is 0.497 e. The van der Waals surface area contributed by atoms with Crippen LogP contribution in [-0.2, 0) is 4.74 Å². The Morgan fingerprint density at radius 3 is 2.60 bits per heavy atom. The molecule has 0 saturated carbocycles. The van der Waals surface area contributed by atoms with Gasteiger partial charge in [0.2, 0.25) is 0 Å². The van der Waals surface area contributed by atoms with Crippen molar-refractivity contribution in [3.8, 4) is 5.75 Å². The van der Waals surface area contributed by atoms with Gasteiger partial charge in [-0.3, -0.25) is 0 Å². The van der Waals surface area contributed by atoms with Crippen LogP contribution in [0.5, 0.6) is 5.75 Å². The molecule has 152 valence electrons. The summed E-state index contributed by atoms with van der Waals surface area (Å²) in [7, 11) is 2.95. The average Bonchev–Trinajstić information content (AvgIpc) is 3.17. The summed E-state index contributed by atoms with van der Waals surface area (Å²) in [6.45, 7) is 0. The Labute approximate surface area is 175 Å². The minimum atomic E-state index is -0.464. The molecule has 2 aromatic carbocycles. The van der Waals surface area contributed by atoms with E-state index in [1.54, 1.807) is 31.4 Å². The number of nitrogens with zero attached hydrogens (tertiary/aromatic N) is 3. The Hall–Kier alpha value is -3.92. The number of fused-ring (bicyclic) bond motifs is 1. The van der Waals surface area contributed by atoms with E-state index in [2.05, 4.69) is 25.6 Å². The molecule has 4 N–H and O–H groups in total. The van der Waals surface area contributed by atoms with Crippen LogP contribution in [0.3, 0.4) is 0 Å². The van der Waals surface area contributed by atoms with Crippen LogP contribution >= 0.6 is 11.3 Å². The van der Waals surface area contributed by atoms with Crippen molar-refractivity contribution in [3.63, 3.8) is 0 Å². The maximum atomic E-state index is 12.0. The van der Waals surface area contributed by atoms with E-state index in [0.717, 1.165) is 16.0 Å². The van der Waals surface area contributed by atoms with Crippen molar-refractivity contribution in [1.82, 2.24) is 15.0 Å². The van der Waals surface area contributed by atoms with Crippen molar-refractivity contribution < 1.29 is 14.3 Å². The van der Waals surface area contributed by atoms with Gasteiger partial charge in [0.05, 0.1) is 35.7 Å². The number of methoxy groups -OCH3 is 2. The zero-order valence-corrected chi connectivity index (χ0v) is 17.0. The number of rotatable bonds is 6. The lowest BCUT2D eigenvalue weighted by Crippen LogP contribution is -2.08. The van der Waals surface area contributed by atoms with E-state index >= 15 is 0 Å². The number of carbonyl (C=O) groups excluding carboxylic acids is 1. The molecule has 0 bridgehead atoms.